The van der Waals surface area contributed by atoms with Crippen LogP contribution in [0.4, 0.5) is 0 Å². The van der Waals surface area contributed by atoms with Crippen LogP contribution in [0.1, 0.15) is 0 Å². The van der Waals surface area contributed by atoms with Gasteiger partial charge in [-0.3, -0.25) is 0 Å². The lowest BCUT2D eigenvalue weighted by Crippen LogP contribution is -1.97. The van der Waals surface area contributed by atoms with E-state index in [1.165, 1.54) is 59.6 Å². The Hall–Kier alpha value is -7.56. The summed E-state index contributed by atoms with van der Waals surface area (Å²) in [5.74, 6) is 0. The van der Waals surface area contributed by atoms with Crippen LogP contribution in [0.3, 0.4) is 0 Å². The van der Waals surface area contributed by atoms with Gasteiger partial charge >= 0.3 is 0 Å². The molecule has 3 aromatic heterocycles. The average Bonchev–Trinajstić information content (AvgIpc) is 3.79. The molecule has 12 aromatic rings. The molecule has 0 amide bonds. The smallest absolute Gasteiger partial charge is 0.0973 e. The van der Waals surface area contributed by atoms with E-state index in [1.54, 1.807) is 0 Å². The summed E-state index contributed by atoms with van der Waals surface area (Å²) >= 11 is 0. The second kappa shape index (κ2) is 12.0. The van der Waals surface area contributed by atoms with Gasteiger partial charge in [-0.25, -0.2) is 9.97 Å². The van der Waals surface area contributed by atoms with E-state index in [-0.39, 0.29) is 0 Å². The molecule has 0 bridgehead atoms. The summed E-state index contributed by atoms with van der Waals surface area (Å²) in [6.07, 6.45) is 0. The number of benzene rings is 9. The molecular formula is C52H32N4. The molecular weight excluding hydrogens is 681 g/mol. The molecule has 4 nitrogen and oxygen atoms in total. The van der Waals surface area contributed by atoms with Crippen LogP contribution in [0.15, 0.2) is 194 Å². The van der Waals surface area contributed by atoms with Crippen molar-refractivity contribution in [2.45, 2.75) is 0 Å². The van der Waals surface area contributed by atoms with Crippen molar-refractivity contribution in [3.05, 3.63) is 194 Å². The summed E-state index contributed by atoms with van der Waals surface area (Å²) in [6, 6.07) is 69.5. The highest BCUT2D eigenvalue weighted by Gasteiger charge is 2.20. The Morgan fingerprint density at radius 2 is 0.768 bits per heavy atom. The molecule has 0 radical (unpaired) electrons. The van der Waals surface area contributed by atoms with Crippen LogP contribution < -0.4 is 0 Å². The van der Waals surface area contributed by atoms with Gasteiger partial charge in [-0.05, 0) is 88.3 Å². The number of rotatable bonds is 4. The summed E-state index contributed by atoms with van der Waals surface area (Å²) < 4.78 is 4.76. The number of para-hydroxylation sites is 4. The van der Waals surface area contributed by atoms with Gasteiger partial charge in [0.2, 0.25) is 0 Å². The maximum absolute atomic E-state index is 5.31. The van der Waals surface area contributed by atoms with Gasteiger partial charge in [0.1, 0.15) is 0 Å². The number of hydrogen-bond donors (Lipinski definition) is 0. The van der Waals surface area contributed by atoms with Crippen molar-refractivity contribution in [2.75, 3.05) is 0 Å². The molecule has 0 unspecified atom stereocenters. The molecule has 0 aliphatic rings. The second-order valence-corrected chi connectivity index (χ2v) is 14.6. The number of hydrogen-bond acceptors (Lipinski definition) is 2. The number of nitrogens with zero attached hydrogens (tertiary/aromatic N) is 4. The van der Waals surface area contributed by atoms with Crippen molar-refractivity contribution in [3.8, 4) is 33.9 Å². The minimum absolute atomic E-state index is 0.862. The third-order valence-corrected chi connectivity index (χ3v) is 11.5. The Morgan fingerprint density at radius 3 is 1.43 bits per heavy atom. The second-order valence-electron chi connectivity index (χ2n) is 14.6. The Morgan fingerprint density at radius 1 is 0.304 bits per heavy atom. The Kier molecular flexibility index (Phi) is 6.60. The molecule has 3 heterocycles. The van der Waals surface area contributed by atoms with E-state index in [4.69, 9.17) is 9.97 Å². The third kappa shape index (κ3) is 4.53. The highest BCUT2D eigenvalue weighted by atomic mass is 15.0. The fraction of sp³-hybridized carbons (Fsp3) is 0. The standard InChI is InChI=1S/C52H32N4/c1-2-14-37(15-3-1)55-45-21-11-8-18-41(45)42-32-36(26-29-46(42)55)52-51(53-43-19-9-10-20-44(43)54-52)35-22-27-38(28-23-35)56-47-30-24-33-12-4-6-16-39(33)49(47)50-40-17-7-5-13-34(40)25-31-48(50)56/h1-32H. The number of fused-ring (bicyclic) bond motifs is 11. The van der Waals surface area contributed by atoms with Crippen molar-refractivity contribution < 1.29 is 0 Å². The van der Waals surface area contributed by atoms with Crippen LogP contribution in [-0.2, 0) is 0 Å². The Labute approximate surface area is 322 Å². The van der Waals surface area contributed by atoms with Gasteiger partial charge in [0, 0.05) is 44.0 Å². The predicted octanol–water partition coefficient (Wildman–Crippen LogP) is 13.5. The molecule has 0 N–H and O–H groups in total. The van der Waals surface area contributed by atoms with Crippen LogP contribution in [-0.4, -0.2) is 19.1 Å². The zero-order valence-corrected chi connectivity index (χ0v) is 30.3. The van der Waals surface area contributed by atoms with Crippen molar-refractivity contribution in [2.24, 2.45) is 0 Å². The fourth-order valence-corrected chi connectivity index (χ4v) is 8.97. The van der Waals surface area contributed by atoms with Gasteiger partial charge in [0.15, 0.2) is 0 Å². The topological polar surface area (TPSA) is 35.6 Å². The molecule has 0 aliphatic heterocycles. The van der Waals surface area contributed by atoms with E-state index in [0.717, 1.165) is 50.4 Å². The van der Waals surface area contributed by atoms with Gasteiger partial charge in [-0.1, -0.05) is 127 Å². The fourth-order valence-electron chi connectivity index (χ4n) is 8.97. The lowest BCUT2D eigenvalue weighted by atomic mass is 10.00. The van der Waals surface area contributed by atoms with Crippen molar-refractivity contribution in [1.29, 1.82) is 0 Å². The largest absolute Gasteiger partial charge is 0.309 e. The highest BCUT2D eigenvalue weighted by molar-refractivity contribution is 6.28. The molecule has 0 atom stereocenters. The van der Waals surface area contributed by atoms with E-state index in [9.17, 15) is 0 Å². The van der Waals surface area contributed by atoms with E-state index in [2.05, 4.69) is 179 Å². The molecule has 0 saturated heterocycles. The van der Waals surface area contributed by atoms with E-state index >= 15 is 0 Å². The van der Waals surface area contributed by atoms with E-state index in [1.807, 2.05) is 24.3 Å². The van der Waals surface area contributed by atoms with Gasteiger partial charge in [0.05, 0.1) is 44.5 Å². The zero-order valence-electron chi connectivity index (χ0n) is 30.3. The predicted molar refractivity (Wildman–Crippen MR) is 234 cm³/mol. The maximum Gasteiger partial charge on any atom is 0.0973 e. The lowest BCUT2D eigenvalue weighted by molar-refractivity contribution is 1.18. The molecule has 56 heavy (non-hydrogen) atoms. The van der Waals surface area contributed by atoms with Crippen LogP contribution in [0.25, 0.3) is 110 Å². The molecule has 0 spiro atoms. The molecule has 0 fully saturated rings. The van der Waals surface area contributed by atoms with Crippen LogP contribution in [0.5, 0.6) is 0 Å². The molecule has 12 rings (SSSR count). The first-order valence-electron chi connectivity index (χ1n) is 19.1. The van der Waals surface area contributed by atoms with Crippen LogP contribution in [0.2, 0.25) is 0 Å². The lowest BCUT2D eigenvalue weighted by Gasteiger charge is -2.13. The van der Waals surface area contributed by atoms with E-state index < -0.39 is 0 Å². The van der Waals surface area contributed by atoms with Crippen molar-refractivity contribution in [3.63, 3.8) is 0 Å². The average molecular weight is 713 g/mol. The van der Waals surface area contributed by atoms with E-state index in [0.29, 0.717) is 0 Å². The number of aromatic nitrogens is 4. The molecule has 9 aromatic carbocycles. The van der Waals surface area contributed by atoms with Crippen LogP contribution in [0, 0.1) is 0 Å². The normalized spacial score (nSPS) is 11.9. The molecule has 0 aliphatic carbocycles. The summed E-state index contributed by atoms with van der Waals surface area (Å²) in [5, 5.41) is 9.98. The van der Waals surface area contributed by atoms with Gasteiger partial charge in [-0.15, -0.1) is 0 Å². The first-order chi connectivity index (χ1) is 27.8. The van der Waals surface area contributed by atoms with Crippen molar-refractivity contribution >= 4 is 76.2 Å². The zero-order chi connectivity index (χ0) is 36.7. The highest BCUT2D eigenvalue weighted by Crippen LogP contribution is 2.42. The Balaban J connectivity index is 1.06. The molecule has 0 saturated carbocycles. The minimum atomic E-state index is 0.862. The third-order valence-electron chi connectivity index (χ3n) is 11.5. The van der Waals surface area contributed by atoms with Gasteiger partial charge < -0.3 is 9.13 Å². The monoisotopic (exact) mass is 712 g/mol. The summed E-state index contributed by atoms with van der Waals surface area (Å²) in [6.45, 7) is 0. The first kappa shape index (κ1) is 30.9. The quantitative estimate of drug-likeness (QED) is 0.182. The van der Waals surface area contributed by atoms with Gasteiger partial charge in [0.25, 0.3) is 0 Å². The molecule has 4 heteroatoms. The summed E-state index contributed by atoms with van der Waals surface area (Å²) in [4.78, 5) is 10.6. The van der Waals surface area contributed by atoms with Crippen molar-refractivity contribution in [1.82, 2.24) is 19.1 Å². The maximum atomic E-state index is 5.31. The van der Waals surface area contributed by atoms with Gasteiger partial charge in [-0.2, -0.15) is 0 Å². The van der Waals surface area contributed by atoms with Crippen LogP contribution >= 0.6 is 0 Å². The SMILES string of the molecule is c1ccc(-n2c3ccccc3c3cc(-c4nc5ccccc5nc4-c4ccc(-n5c6ccc7ccccc7c6c6c7ccccc7ccc65)cc4)ccc32)cc1. The summed E-state index contributed by atoms with van der Waals surface area (Å²) in [7, 11) is 0. The Bertz CT molecular complexity index is 3430. The molecule has 260 valence electrons. The first-order valence-corrected chi connectivity index (χ1v) is 19.1. The summed E-state index contributed by atoms with van der Waals surface area (Å²) in [5.41, 5.74) is 12.5. The minimum Gasteiger partial charge on any atom is -0.309 e.